The van der Waals surface area contributed by atoms with Gasteiger partial charge in [0, 0.05) is 29.3 Å². The number of aromatic nitrogens is 2. The molecule has 3 aromatic rings. The minimum absolute atomic E-state index is 0.0149. The van der Waals surface area contributed by atoms with E-state index in [0.29, 0.717) is 12.0 Å². The van der Waals surface area contributed by atoms with E-state index >= 15 is 0 Å². The average Bonchev–Trinajstić information content (AvgIpc) is 2.91. The fourth-order valence-corrected chi connectivity index (χ4v) is 2.22. The summed E-state index contributed by atoms with van der Waals surface area (Å²) in [6, 6.07) is 5.15. The van der Waals surface area contributed by atoms with Gasteiger partial charge in [-0.15, -0.1) is 0 Å². The number of carboxylic acid groups (broad SMARTS) is 1. The Bertz CT molecular complexity index is 770. The summed E-state index contributed by atoms with van der Waals surface area (Å²) in [6.07, 6.45) is 0.662. The highest BCUT2D eigenvalue weighted by Crippen LogP contribution is 2.28. The van der Waals surface area contributed by atoms with Crippen molar-refractivity contribution in [2.45, 2.75) is 19.4 Å². The Kier molecular flexibility index (Phi) is 2.53. The van der Waals surface area contributed by atoms with Gasteiger partial charge in [-0.05, 0) is 19.1 Å². The zero-order valence-corrected chi connectivity index (χ0v) is 10.3. The second kappa shape index (κ2) is 4.10. The van der Waals surface area contributed by atoms with Gasteiger partial charge in [-0.25, -0.2) is 4.79 Å². The van der Waals surface area contributed by atoms with E-state index in [2.05, 4.69) is 10.2 Å². The normalized spacial score (nSPS) is 13.2. The quantitative estimate of drug-likeness (QED) is 0.666. The van der Waals surface area contributed by atoms with Crippen molar-refractivity contribution in [3.63, 3.8) is 0 Å². The second-order valence-corrected chi connectivity index (χ2v) is 4.67. The van der Waals surface area contributed by atoms with Crippen LogP contribution in [0.5, 0.6) is 0 Å². The molecule has 0 saturated carbocycles. The van der Waals surface area contributed by atoms with E-state index in [-0.39, 0.29) is 11.8 Å². The number of rotatable bonds is 3. The maximum Gasteiger partial charge on any atom is 0.371 e. The SMILES string of the molecule is C[C@H](N)Cc1n[nH]c2c1ccc1oc(C(=O)O)cc12. The number of carboxylic acids is 1. The Labute approximate surface area is 108 Å². The van der Waals surface area contributed by atoms with Crippen LogP contribution in [0, 0.1) is 0 Å². The summed E-state index contributed by atoms with van der Waals surface area (Å²) in [5.74, 6) is -1.16. The summed E-state index contributed by atoms with van der Waals surface area (Å²) in [5, 5.41) is 17.8. The van der Waals surface area contributed by atoms with Crippen molar-refractivity contribution in [2.75, 3.05) is 0 Å². The van der Waals surface area contributed by atoms with Crippen molar-refractivity contribution >= 4 is 27.8 Å². The van der Waals surface area contributed by atoms with Gasteiger partial charge in [-0.1, -0.05) is 0 Å². The molecule has 2 heterocycles. The lowest BCUT2D eigenvalue weighted by atomic mass is 10.1. The molecule has 4 N–H and O–H groups in total. The van der Waals surface area contributed by atoms with Gasteiger partial charge < -0.3 is 15.3 Å². The summed E-state index contributed by atoms with van der Waals surface area (Å²) in [5.41, 5.74) is 7.97. The molecule has 0 saturated heterocycles. The Morgan fingerprint density at radius 3 is 3.00 bits per heavy atom. The fourth-order valence-electron chi connectivity index (χ4n) is 2.22. The number of benzene rings is 1. The summed E-state index contributed by atoms with van der Waals surface area (Å²) < 4.78 is 5.26. The maximum absolute atomic E-state index is 10.9. The number of furan rings is 1. The highest BCUT2D eigenvalue weighted by molar-refractivity contribution is 6.06. The third-order valence-corrected chi connectivity index (χ3v) is 3.04. The molecule has 19 heavy (non-hydrogen) atoms. The van der Waals surface area contributed by atoms with Crippen LogP contribution in [-0.4, -0.2) is 27.3 Å². The molecule has 1 aromatic carbocycles. The Morgan fingerprint density at radius 2 is 2.32 bits per heavy atom. The van der Waals surface area contributed by atoms with Crippen LogP contribution in [0.4, 0.5) is 0 Å². The van der Waals surface area contributed by atoms with E-state index < -0.39 is 5.97 Å². The lowest BCUT2D eigenvalue weighted by Gasteiger charge is -2.01. The van der Waals surface area contributed by atoms with E-state index in [1.165, 1.54) is 6.07 Å². The first-order chi connectivity index (χ1) is 9.06. The Hall–Kier alpha value is -2.34. The monoisotopic (exact) mass is 259 g/mol. The minimum Gasteiger partial charge on any atom is -0.475 e. The number of H-pyrrole nitrogens is 1. The average molecular weight is 259 g/mol. The number of hydrogen-bond acceptors (Lipinski definition) is 4. The fraction of sp³-hybridized carbons (Fsp3) is 0.231. The maximum atomic E-state index is 10.9. The smallest absolute Gasteiger partial charge is 0.371 e. The van der Waals surface area contributed by atoms with Crippen LogP contribution in [0.15, 0.2) is 22.6 Å². The molecule has 0 aliphatic heterocycles. The van der Waals surface area contributed by atoms with E-state index in [1.807, 2.05) is 13.0 Å². The number of carbonyl (C=O) groups is 1. The van der Waals surface area contributed by atoms with Crippen LogP contribution in [0.1, 0.15) is 23.2 Å². The van der Waals surface area contributed by atoms with Crippen molar-refractivity contribution in [2.24, 2.45) is 5.73 Å². The molecule has 0 spiro atoms. The molecule has 6 nitrogen and oxygen atoms in total. The number of hydrogen-bond donors (Lipinski definition) is 3. The Morgan fingerprint density at radius 1 is 1.53 bits per heavy atom. The number of aromatic amines is 1. The van der Waals surface area contributed by atoms with E-state index in [0.717, 1.165) is 22.0 Å². The van der Waals surface area contributed by atoms with Crippen molar-refractivity contribution in [1.82, 2.24) is 10.2 Å². The van der Waals surface area contributed by atoms with Gasteiger partial charge in [0.05, 0.1) is 11.2 Å². The molecule has 1 atom stereocenters. The molecular weight excluding hydrogens is 246 g/mol. The van der Waals surface area contributed by atoms with Crippen molar-refractivity contribution < 1.29 is 14.3 Å². The van der Waals surface area contributed by atoms with Gasteiger partial charge >= 0.3 is 5.97 Å². The van der Waals surface area contributed by atoms with Crippen molar-refractivity contribution in [3.05, 3.63) is 29.7 Å². The van der Waals surface area contributed by atoms with Crippen molar-refractivity contribution in [1.29, 1.82) is 0 Å². The molecule has 0 aliphatic carbocycles. The zero-order chi connectivity index (χ0) is 13.6. The summed E-state index contributed by atoms with van der Waals surface area (Å²) in [4.78, 5) is 10.9. The second-order valence-electron chi connectivity index (χ2n) is 4.67. The molecule has 0 amide bonds. The summed E-state index contributed by atoms with van der Waals surface area (Å²) >= 11 is 0. The van der Waals surface area contributed by atoms with Gasteiger partial charge in [0.1, 0.15) is 5.58 Å². The first-order valence-electron chi connectivity index (χ1n) is 5.94. The zero-order valence-electron chi connectivity index (χ0n) is 10.3. The number of nitrogens with two attached hydrogens (primary N) is 1. The predicted octanol–water partition coefficient (Wildman–Crippen LogP) is 1.90. The van der Waals surface area contributed by atoms with Crippen LogP contribution in [0.25, 0.3) is 21.9 Å². The van der Waals surface area contributed by atoms with Crippen LogP contribution >= 0.6 is 0 Å². The van der Waals surface area contributed by atoms with Gasteiger partial charge in [0.2, 0.25) is 5.76 Å². The highest BCUT2D eigenvalue weighted by Gasteiger charge is 2.15. The van der Waals surface area contributed by atoms with E-state index in [9.17, 15) is 4.79 Å². The minimum atomic E-state index is -1.08. The largest absolute Gasteiger partial charge is 0.475 e. The molecule has 2 aromatic heterocycles. The topological polar surface area (TPSA) is 105 Å². The molecule has 0 unspecified atom stereocenters. The van der Waals surface area contributed by atoms with Gasteiger partial charge in [0.15, 0.2) is 0 Å². The molecular formula is C13H13N3O3. The molecule has 0 bridgehead atoms. The summed E-state index contributed by atoms with van der Waals surface area (Å²) in [6.45, 7) is 1.92. The highest BCUT2D eigenvalue weighted by atomic mass is 16.4. The number of fused-ring (bicyclic) bond motifs is 3. The van der Waals surface area contributed by atoms with Crippen LogP contribution in [0.3, 0.4) is 0 Å². The number of nitrogens with zero attached hydrogens (tertiary/aromatic N) is 1. The van der Waals surface area contributed by atoms with Crippen molar-refractivity contribution in [3.8, 4) is 0 Å². The predicted molar refractivity (Wildman–Crippen MR) is 70.2 cm³/mol. The van der Waals surface area contributed by atoms with E-state index in [4.69, 9.17) is 15.3 Å². The molecule has 0 radical (unpaired) electrons. The molecule has 0 aliphatic rings. The standard InChI is InChI=1S/C13H13N3O3/c1-6(14)4-9-7-2-3-10-8(12(7)16-15-9)5-11(19-10)13(17)18/h2-3,5-6H,4,14H2,1H3,(H,15,16)(H,17,18)/t6-/m0/s1. The lowest BCUT2D eigenvalue weighted by Crippen LogP contribution is -2.18. The van der Waals surface area contributed by atoms with Crippen LogP contribution < -0.4 is 5.73 Å². The van der Waals surface area contributed by atoms with Crippen LogP contribution in [-0.2, 0) is 6.42 Å². The molecule has 6 heteroatoms. The first-order valence-corrected chi connectivity index (χ1v) is 5.94. The van der Waals surface area contributed by atoms with Gasteiger partial charge in [-0.2, -0.15) is 5.10 Å². The molecule has 98 valence electrons. The third kappa shape index (κ3) is 1.86. The number of nitrogens with one attached hydrogen (secondary N) is 1. The Balaban J connectivity index is 2.23. The van der Waals surface area contributed by atoms with Gasteiger partial charge in [-0.3, -0.25) is 5.10 Å². The first kappa shape index (κ1) is 11.7. The third-order valence-electron chi connectivity index (χ3n) is 3.04. The van der Waals surface area contributed by atoms with Gasteiger partial charge in [0.25, 0.3) is 0 Å². The summed E-state index contributed by atoms with van der Waals surface area (Å²) in [7, 11) is 0. The molecule has 0 fully saturated rings. The lowest BCUT2D eigenvalue weighted by molar-refractivity contribution is 0.0665. The number of aromatic carboxylic acids is 1. The van der Waals surface area contributed by atoms with E-state index in [1.54, 1.807) is 6.07 Å². The van der Waals surface area contributed by atoms with Crippen LogP contribution in [0.2, 0.25) is 0 Å². The molecule has 3 rings (SSSR count).